The minimum Gasteiger partial charge on any atom is -0.244 e. The van der Waals surface area contributed by atoms with Crippen LogP contribution in [0.2, 0.25) is 0 Å². The summed E-state index contributed by atoms with van der Waals surface area (Å²) >= 11 is 0. The van der Waals surface area contributed by atoms with Gasteiger partial charge in [0.15, 0.2) is 6.67 Å². The Hall–Kier alpha value is -0.510. The van der Waals surface area contributed by atoms with Crippen LogP contribution < -0.4 is 0 Å². The Kier molecular flexibility index (Phi) is 8.01. The van der Waals surface area contributed by atoms with E-state index in [-0.39, 0.29) is 6.92 Å². The molecule has 0 atom stereocenters. The molecule has 1 aliphatic rings. The lowest BCUT2D eigenvalue weighted by atomic mass is 10.1. The van der Waals surface area contributed by atoms with Crippen molar-refractivity contribution in [3.05, 3.63) is 0 Å². The molecule has 1 heterocycles. The molecule has 0 aromatic rings. The van der Waals surface area contributed by atoms with Crippen molar-refractivity contribution in [1.82, 2.24) is 4.31 Å². The molecule has 3 nitrogen and oxygen atoms in total. The van der Waals surface area contributed by atoms with Crippen LogP contribution in [0.4, 0.5) is 25.8 Å². The molecule has 0 spiro atoms. The van der Waals surface area contributed by atoms with Gasteiger partial charge in [-0.3, -0.25) is 0 Å². The van der Waals surface area contributed by atoms with Gasteiger partial charge in [0, 0.05) is 20.0 Å². The summed E-state index contributed by atoms with van der Waals surface area (Å²) in [7, 11) is -4.43. The molecule has 0 amide bonds. The van der Waals surface area contributed by atoms with Gasteiger partial charge < -0.3 is 0 Å². The first-order valence-corrected chi connectivity index (χ1v) is 7.77. The number of hydrogen-bond acceptors (Lipinski definition) is 2. The Balaban J connectivity index is 0.000000400. The maximum absolute atomic E-state index is 12.5. The summed E-state index contributed by atoms with van der Waals surface area (Å²) < 4.78 is 91.6. The minimum atomic E-state index is -4.52. The van der Waals surface area contributed by atoms with Crippen molar-refractivity contribution in [2.24, 2.45) is 0 Å². The second kappa shape index (κ2) is 8.21. The lowest BCUT2D eigenvalue weighted by Gasteiger charge is -2.19. The zero-order valence-corrected chi connectivity index (χ0v) is 12.4. The van der Waals surface area contributed by atoms with Gasteiger partial charge in [-0.25, -0.2) is 13.2 Å². The fraction of sp³-hybridized carbons (Fsp3) is 1.00. The highest BCUT2D eigenvalue weighted by molar-refractivity contribution is 7.83. The summed E-state index contributed by atoms with van der Waals surface area (Å²) in [6, 6.07) is 0. The molecule has 0 aromatic carbocycles. The zero-order valence-electron chi connectivity index (χ0n) is 11.6. The molecule has 0 radical (unpaired) electrons. The summed E-state index contributed by atoms with van der Waals surface area (Å²) in [5, 5.41) is 0. The lowest BCUT2D eigenvalue weighted by Crippen LogP contribution is -2.39. The summed E-state index contributed by atoms with van der Waals surface area (Å²) in [5.74, 6) is -8.78. The maximum Gasteiger partial charge on any atom is 0.374 e. The Bertz CT molecular complexity index is 388. The average Bonchev–Trinajstić information content (AvgIpc) is 2.25. The highest BCUT2D eigenvalue weighted by Crippen LogP contribution is 2.33. The molecule has 0 unspecified atom stereocenters. The summed E-state index contributed by atoms with van der Waals surface area (Å²) in [6.07, 6.45) is 4.71. The second-order valence-corrected chi connectivity index (χ2v) is 6.18. The van der Waals surface area contributed by atoms with Gasteiger partial charge in [-0.1, -0.05) is 23.1 Å². The number of rotatable bonds is 3. The van der Waals surface area contributed by atoms with E-state index in [0.717, 1.165) is 36.4 Å². The first-order valence-electron chi connectivity index (χ1n) is 6.43. The predicted octanol–water partition coefficient (Wildman–Crippen LogP) is 3.71. The van der Waals surface area contributed by atoms with Crippen molar-refractivity contribution in [2.45, 2.75) is 50.9 Å². The van der Waals surface area contributed by atoms with E-state index in [1.807, 2.05) is 0 Å². The topological polar surface area (TPSA) is 37.4 Å². The molecule has 0 bridgehead atoms. The minimum absolute atomic E-state index is 0.0213. The van der Waals surface area contributed by atoms with Crippen molar-refractivity contribution in [1.29, 1.82) is 0 Å². The van der Waals surface area contributed by atoms with Crippen molar-refractivity contribution in [3.8, 4) is 0 Å². The van der Waals surface area contributed by atoms with Crippen molar-refractivity contribution in [2.75, 3.05) is 19.8 Å². The van der Waals surface area contributed by atoms with Gasteiger partial charge in [0.25, 0.3) is 0 Å². The standard InChI is InChI=1S/C7H14FNO2S.C4H5F5/c8-12(10,11)9-6-4-2-1-3-5-7-9;1-3(6,7)4(8,9)2-5/h1-7H2;2H2,1H3. The van der Waals surface area contributed by atoms with Crippen LogP contribution in [0.1, 0.15) is 39.0 Å². The summed E-state index contributed by atoms with van der Waals surface area (Å²) in [4.78, 5) is 0. The van der Waals surface area contributed by atoms with E-state index in [9.17, 15) is 34.3 Å². The Labute approximate surface area is 120 Å². The van der Waals surface area contributed by atoms with E-state index in [1.165, 1.54) is 0 Å². The van der Waals surface area contributed by atoms with Crippen LogP contribution in [0, 0.1) is 0 Å². The van der Waals surface area contributed by atoms with Crippen LogP contribution in [0.25, 0.3) is 0 Å². The molecule has 1 aliphatic heterocycles. The average molecular weight is 343 g/mol. The first kappa shape index (κ1) is 20.5. The van der Waals surface area contributed by atoms with Gasteiger partial charge in [-0.05, 0) is 12.8 Å². The number of halogens is 6. The molecule has 0 saturated carbocycles. The number of alkyl halides is 5. The predicted molar refractivity (Wildman–Crippen MR) is 66.2 cm³/mol. The van der Waals surface area contributed by atoms with E-state index in [4.69, 9.17) is 0 Å². The third-order valence-electron chi connectivity index (χ3n) is 2.93. The second-order valence-electron chi connectivity index (χ2n) is 4.84. The monoisotopic (exact) mass is 343 g/mol. The number of hydrogen-bond donors (Lipinski definition) is 0. The van der Waals surface area contributed by atoms with Crippen LogP contribution in [-0.2, 0) is 10.4 Å². The zero-order chi connectivity index (χ0) is 16.7. The van der Waals surface area contributed by atoms with Gasteiger partial charge in [0.2, 0.25) is 0 Å². The van der Waals surface area contributed by atoms with E-state index < -0.39 is 28.9 Å². The van der Waals surface area contributed by atoms with Gasteiger partial charge in [0.1, 0.15) is 0 Å². The fourth-order valence-electron chi connectivity index (χ4n) is 1.55. The Morgan fingerprint density at radius 3 is 1.57 bits per heavy atom. The summed E-state index contributed by atoms with van der Waals surface area (Å²) in [5.41, 5.74) is 0. The smallest absolute Gasteiger partial charge is 0.244 e. The maximum atomic E-state index is 12.5. The van der Waals surface area contributed by atoms with Crippen LogP contribution in [-0.4, -0.2) is 44.3 Å². The van der Waals surface area contributed by atoms with E-state index in [2.05, 4.69) is 0 Å². The molecule has 0 aromatic heterocycles. The molecular weight excluding hydrogens is 324 g/mol. The lowest BCUT2D eigenvalue weighted by molar-refractivity contribution is -0.204. The van der Waals surface area contributed by atoms with Crippen molar-refractivity contribution in [3.63, 3.8) is 0 Å². The third-order valence-corrected chi connectivity index (χ3v) is 3.92. The normalized spacial score (nSPS) is 19.2. The molecule has 21 heavy (non-hydrogen) atoms. The molecule has 1 rings (SSSR count). The van der Waals surface area contributed by atoms with Crippen molar-refractivity contribution < 1.29 is 34.3 Å². The van der Waals surface area contributed by atoms with E-state index in [0.29, 0.717) is 13.1 Å². The van der Waals surface area contributed by atoms with E-state index >= 15 is 0 Å². The van der Waals surface area contributed by atoms with Crippen LogP contribution in [0.15, 0.2) is 0 Å². The van der Waals surface area contributed by atoms with Gasteiger partial charge in [-0.15, -0.1) is 0 Å². The van der Waals surface area contributed by atoms with Crippen molar-refractivity contribution >= 4 is 10.4 Å². The summed E-state index contributed by atoms with van der Waals surface area (Å²) in [6.45, 7) is -1.65. The molecule has 1 fully saturated rings. The van der Waals surface area contributed by atoms with Gasteiger partial charge in [0.05, 0.1) is 0 Å². The SMILES string of the molecule is CC(F)(F)C(F)(F)CF.O=S(=O)(F)N1CCCCCCC1. The third kappa shape index (κ3) is 7.89. The number of nitrogens with zero attached hydrogens (tertiary/aromatic N) is 1. The fourth-order valence-corrected chi connectivity index (χ4v) is 2.25. The molecule has 0 N–H and O–H groups in total. The highest BCUT2D eigenvalue weighted by Gasteiger charge is 2.52. The van der Waals surface area contributed by atoms with Crippen LogP contribution in [0.5, 0.6) is 0 Å². The van der Waals surface area contributed by atoms with Crippen LogP contribution >= 0.6 is 0 Å². The van der Waals surface area contributed by atoms with Gasteiger partial charge >= 0.3 is 22.3 Å². The quantitative estimate of drug-likeness (QED) is 0.579. The highest BCUT2D eigenvalue weighted by atomic mass is 32.3. The molecule has 10 heteroatoms. The van der Waals surface area contributed by atoms with Gasteiger partial charge in [-0.2, -0.15) is 21.5 Å². The largest absolute Gasteiger partial charge is 0.374 e. The molecule has 128 valence electrons. The molecule has 0 aliphatic carbocycles. The Morgan fingerprint density at radius 1 is 0.952 bits per heavy atom. The molecule has 1 saturated heterocycles. The van der Waals surface area contributed by atoms with Crippen LogP contribution in [0.3, 0.4) is 0 Å². The molecular formula is C11H19F6NO2S. The van der Waals surface area contributed by atoms with E-state index in [1.54, 1.807) is 0 Å². The Morgan fingerprint density at radius 2 is 1.33 bits per heavy atom. The first-order chi connectivity index (χ1) is 9.42.